The fourth-order valence-electron chi connectivity index (χ4n) is 0.874. The summed E-state index contributed by atoms with van der Waals surface area (Å²) in [6.07, 6.45) is 1.18. The van der Waals surface area contributed by atoms with Crippen LogP contribution in [0.3, 0.4) is 0 Å². The SMILES string of the molecule is C=CC(=O)OCCN(CC)CC.[CaH2]. The van der Waals surface area contributed by atoms with Gasteiger partial charge in [0.15, 0.2) is 0 Å². The van der Waals surface area contributed by atoms with E-state index in [4.69, 9.17) is 4.74 Å². The third-order valence-corrected chi connectivity index (χ3v) is 1.71. The van der Waals surface area contributed by atoms with Gasteiger partial charge in [-0.2, -0.15) is 0 Å². The zero-order valence-corrected chi connectivity index (χ0v) is 7.88. The van der Waals surface area contributed by atoms with E-state index >= 15 is 0 Å². The fourth-order valence-corrected chi connectivity index (χ4v) is 0.874. The van der Waals surface area contributed by atoms with E-state index in [0.717, 1.165) is 19.6 Å². The van der Waals surface area contributed by atoms with Crippen LogP contribution in [0.4, 0.5) is 0 Å². The number of likely N-dealkylation sites (N-methyl/N-ethyl adjacent to an activating group) is 1. The molecule has 0 aliphatic carbocycles. The van der Waals surface area contributed by atoms with E-state index in [-0.39, 0.29) is 43.7 Å². The second-order valence-corrected chi connectivity index (χ2v) is 2.40. The molecule has 0 atom stereocenters. The fraction of sp³-hybridized carbons (Fsp3) is 0.667. The van der Waals surface area contributed by atoms with E-state index in [0.29, 0.717) is 6.61 Å². The van der Waals surface area contributed by atoms with E-state index in [9.17, 15) is 4.79 Å². The minimum atomic E-state index is -0.345. The first-order chi connectivity index (χ1) is 5.74. The zero-order chi connectivity index (χ0) is 9.40. The normalized spacial score (nSPS) is 9.15. The number of nitrogens with zero attached hydrogens (tertiary/aromatic N) is 1. The summed E-state index contributed by atoms with van der Waals surface area (Å²) in [5.41, 5.74) is 0. The number of hydrogen-bond donors (Lipinski definition) is 0. The molecular weight excluding hydrogens is 194 g/mol. The van der Waals surface area contributed by atoms with Crippen molar-refractivity contribution in [3.8, 4) is 0 Å². The molecule has 0 aromatic carbocycles. The molecule has 0 unspecified atom stereocenters. The maximum absolute atomic E-state index is 10.6. The second-order valence-electron chi connectivity index (χ2n) is 2.40. The summed E-state index contributed by atoms with van der Waals surface area (Å²) in [6.45, 7) is 10.7. The molecule has 0 heterocycles. The van der Waals surface area contributed by atoms with Crippen LogP contribution in [0.15, 0.2) is 12.7 Å². The van der Waals surface area contributed by atoms with Crippen molar-refractivity contribution in [1.29, 1.82) is 0 Å². The molecule has 0 amide bonds. The van der Waals surface area contributed by atoms with Gasteiger partial charge in [-0.05, 0) is 13.1 Å². The van der Waals surface area contributed by atoms with Gasteiger partial charge in [0.05, 0.1) is 0 Å². The Labute approximate surface area is 110 Å². The van der Waals surface area contributed by atoms with Gasteiger partial charge in [-0.15, -0.1) is 0 Å². The van der Waals surface area contributed by atoms with Gasteiger partial charge < -0.3 is 9.64 Å². The van der Waals surface area contributed by atoms with Crippen molar-refractivity contribution in [1.82, 2.24) is 4.90 Å². The van der Waals surface area contributed by atoms with Crippen LogP contribution < -0.4 is 0 Å². The van der Waals surface area contributed by atoms with Crippen molar-refractivity contribution in [2.24, 2.45) is 0 Å². The zero-order valence-electron chi connectivity index (χ0n) is 7.88. The summed E-state index contributed by atoms with van der Waals surface area (Å²) in [5, 5.41) is 0. The van der Waals surface area contributed by atoms with Crippen LogP contribution in [-0.4, -0.2) is 74.8 Å². The number of carbonyl (C=O) groups is 1. The molecular formula is C9H19CaNO2. The molecule has 13 heavy (non-hydrogen) atoms. The summed E-state index contributed by atoms with van der Waals surface area (Å²) in [4.78, 5) is 12.8. The van der Waals surface area contributed by atoms with Gasteiger partial charge in [-0.1, -0.05) is 20.4 Å². The van der Waals surface area contributed by atoms with Crippen molar-refractivity contribution in [3.63, 3.8) is 0 Å². The summed E-state index contributed by atoms with van der Waals surface area (Å²) < 4.78 is 4.83. The van der Waals surface area contributed by atoms with E-state index in [1.165, 1.54) is 6.08 Å². The standard InChI is InChI=1S/C9H17NO2.Ca.2H/c1-4-9(11)12-8-7-10(5-2)6-3;;;/h4H,1,5-8H2,2-3H3;;;. The Bertz CT molecular complexity index is 147. The number of rotatable bonds is 6. The van der Waals surface area contributed by atoms with Crippen LogP contribution in [0.5, 0.6) is 0 Å². The molecule has 0 fully saturated rings. The van der Waals surface area contributed by atoms with Gasteiger partial charge >= 0.3 is 43.7 Å². The number of esters is 1. The van der Waals surface area contributed by atoms with Gasteiger partial charge in [0, 0.05) is 12.6 Å². The quantitative estimate of drug-likeness (QED) is 0.357. The van der Waals surface area contributed by atoms with Crippen LogP contribution in [0.25, 0.3) is 0 Å². The van der Waals surface area contributed by atoms with E-state index in [2.05, 4.69) is 25.3 Å². The summed E-state index contributed by atoms with van der Waals surface area (Å²) in [7, 11) is 0. The third-order valence-electron chi connectivity index (χ3n) is 1.71. The molecule has 0 aliphatic heterocycles. The predicted molar refractivity (Wildman–Crippen MR) is 57.5 cm³/mol. The summed E-state index contributed by atoms with van der Waals surface area (Å²) in [5.74, 6) is -0.345. The molecule has 74 valence electrons. The van der Waals surface area contributed by atoms with Crippen LogP contribution in [0.2, 0.25) is 0 Å². The topological polar surface area (TPSA) is 29.5 Å². The maximum atomic E-state index is 10.6. The van der Waals surface area contributed by atoms with E-state index in [1.54, 1.807) is 0 Å². The van der Waals surface area contributed by atoms with Crippen molar-refractivity contribution in [2.75, 3.05) is 26.2 Å². The van der Waals surface area contributed by atoms with Gasteiger partial charge in [-0.25, -0.2) is 4.79 Å². The van der Waals surface area contributed by atoms with Gasteiger partial charge in [0.25, 0.3) is 0 Å². The van der Waals surface area contributed by atoms with E-state index < -0.39 is 0 Å². The number of hydrogen-bond acceptors (Lipinski definition) is 3. The first-order valence-electron chi connectivity index (χ1n) is 4.26. The summed E-state index contributed by atoms with van der Waals surface area (Å²) in [6, 6.07) is 0. The van der Waals surface area contributed by atoms with Crippen LogP contribution in [-0.2, 0) is 9.53 Å². The van der Waals surface area contributed by atoms with Crippen molar-refractivity contribution >= 4 is 43.7 Å². The molecule has 4 heteroatoms. The van der Waals surface area contributed by atoms with Crippen molar-refractivity contribution in [3.05, 3.63) is 12.7 Å². The Kier molecular flexibility index (Phi) is 12.8. The molecule has 0 aromatic rings. The van der Waals surface area contributed by atoms with Gasteiger partial charge in [0.1, 0.15) is 6.61 Å². The Hall–Kier alpha value is 0.430. The summed E-state index contributed by atoms with van der Waals surface area (Å²) >= 11 is 0. The first kappa shape index (κ1) is 15.9. The average Bonchev–Trinajstić information content (AvgIpc) is 2.12. The molecule has 0 rings (SSSR count). The Morgan fingerprint density at radius 1 is 1.46 bits per heavy atom. The second kappa shape index (κ2) is 10.5. The molecule has 0 radical (unpaired) electrons. The molecule has 0 saturated carbocycles. The predicted octanol–water partition coefficient (Wildman–Crippen LogP) is 0.141. The molecule has 3 nitrogen and oxygen atoms in total. The van der Waals surface area contributed by atoms with Crippen LogP contribution >= 0.6 is 0 Å². The van der Waals surface area contributed by atoms with Gasteiger partial charge in [-0.3, -0.25) is 0 Å². The Morgan fingerprint density at radius 3 is 2.38 bits per heavy atom. The Balaban J connectivity index is 0. The van der Waals surface area contributed by atoms with Crippen molar-refractivity contribution in [2.45, 2.75) is 13.8 Å². The average molecular weight is 213 g/mol. The monoisotopic (exact) mass is 213 g/mol. The van der Waals surface area contributed by atoms with Gasteiger partial charge in [0.2, 0.25) is 0 Å². The molecule has 0 bridgehead atoms. The van der Waals surface area contributed by atoms with Crippen LogP contribution in [0.1, 0.15) is 13.8 Å². The molecule has 0 saturated heterocycles. The van der Waals surface area contributed by atoms with E-state index in [1.807, 2.05) is 0 Å². The minimum absolute atomic E-state index is 0. The first-order valence-corrected chi connectivity index (χ1v) is 4.26. The number of ether oxygens (including phenoxy) is 1. The van der Waals surface area contributed by atoms with Crippen molar-refractivity contribution < 1.29 is 9.53 Å². The molecule has 0 N–H and O–H groups in total. The Morgan fingerprint density at radius 2 is 2.00 bits per heavy atom. The third kappa shape index (κ3) is 8.75. The molecule has 0 aliphatic rings. The molecule has 0 spiro atoms. The van der Waals surface area contributed by atoms with Crippen LogP contribution in [0, 0.1) is 0 Å². The number of carbonyl (C=O) groups excluding carboxylic acids is 1. The molecule has 0 aromatic heterocycles.